The van der Waals surface area contributed by atoms with Crippen LogP contribution in [0.5, 0.6) is 0 Å². The molecule has 2 aromatic heterocycles. The highest BCUT2D eigenvalue weighted by Gasteiger charge is 2.20. The lowest BCUT2D eigenvalue weighted by molar-refractivity contribution is 0.600. The first-order valence-corrected chi connectivity index (χ1v) is 6.54. The first-order chi connectivity index (χ1) is 8.13. The number of nitrogens with one attached hydrogen (secondary N) is 1. The lowest BCUT2D eigenvalue weighted by atomic mass is 10.4. The zero-order valence-electron chi connectivity index (χ0n) is 8.23. The minimum Gasteiger partial charge on any atom is -0.268 e. The predicted octanol–water partition coefficient (Wildman–Crippen LogP) is 0.606. The van der Waals surface area contributed by atoms with Gasteiger partial charge in [0.25, 0.3) is 10.0 Å². The van der Waals surface area contributed by atoms with E-state index in [1.165, 1.54) is 24.5 Å². The third kappa shape index (κ3) is 2.38. The van der Waals surface area contributed by atoms with Crippen molar-refractivity contribution in [2.45, 2.75) is 4.90 Å². The van der Waals surface area contributed by atoms with E-state index in [9.17, 15) is 8.42 Å². The van der Waals surface area contributed by atoms with Gasteiger partial charge in [-0.25, -0.2) is 13.4 Å². The molecule has 0 unspecified atom stereocenters. The monoisotopic (exact) mass is 267 g/mol. The number of anilines is 1. The molecule has 17 heavy (non-hydrogen) atoms. The number of hydrogen-bond donors (Lipinski definition) is 1. The molecule has 0 radical (unpaired) electrons. The Bertz CT molecular complexity index is 659. The molecule has 0 fully saturated rings. The molecule has 0 atom stereocenters. The quantitative estimate of drug-likeness (QED) is 0.872. The van der Waals surface area contributed by atoms with E-state index in [2.05, 4.69) is 19.3 Å². The topological polar surface area (TPSA) is 109 Å². The summed E-state index contributed by atoms with van der Waals surface area (Å²) in [6, 6.07) is 4.48. The highest BCUT2D eigenvalue weighted by Crippen LogP contribution is 2.18. The van der Waals surface area contributed by atoms with Crippen molar-refractivity contribution in [3.63, 3.8) is 0 Å². The second-order valence-electron chi connectivity index (χ2n) is 2.85. The van der Waals surface area contributed by atoms with E-state index in [-0.39, 0.29) is 15.6 Å². The summed E-state index contributed by atoms with van der Waals surface area (Å²) in [5.74, 6) is 0. The van der Waals surface area contributed by atoms with Gasteiger partial charge in [0, 0.05) is 17.7 Å². The number of hydrogen-bond acceptors (Lipinski definition) is 7. The summed E-state index contributed by atoms with van der Waals surface area (Å²) in [7, 11) is -3.83. The molecular weight excluding hydrogens is 262 g/mol. The van der Waals surface area contributed by atoms with E-state index >= 15 is 0 Å². The standard InChI is InChI=1S/C8H5N5O2S2/c9-4-6-7(2-1-3-10-6)17(14,15)12-8-5-11-13-16-8/h1-3,5,12H. The van der Waals surface area contributed by atoms with Crippen LogP contribution in [-0.2, 0) is 10.0 Å². The maximum atomic E-state index is 11.9. The van der Waals surface area contributed by atoms with Crippen LogP contribution in [0.1, 0.15) is 5.69 Å². The Morgan fingerprint density at radius 3 is 2.94 bits per heavy atom. The third-order valence-electron chi connectivity index (χ3n) is 1.76. The van der Waals surface area contributed by atoms with Gasteiger partial charge in [0.2, 0.25) is 0 Å². The van der Waals surface area contributed by atoms with E-state index in [4.69, 9.17) is 5.26 Å². The summed E-state index contributed by atoms with van der Waals surface area (Å²) in [5.41, 5.74) is -0.155. The SMILES string of the molecule is N#Cc1ncccc1S(=O)(=O)Nc1cnns1. The minimum atomic E-state index is -3.83. The summed E-state index contributed by atoms with van der Waals surface area (Å²) in [4.78, 5) is 3.51. The van der Waals surface area contributed by atoms with Crippen molar-refractivity contribution in [1.29, 1.82) is 5.26 Å². The zero-order chi connectivity index (χ0) is 12.3. The second-order valence-corrected chi connectivity index (χ2v) is 5.29. The molecule has 0 bridgehead atoms. The Morgan fingerprint density at radius 1 is 1.47 bits per heavy atom. The van der Waals surface area contributed by atoms with Gasteiger partial charge in [0.15, 0.2) is 5.69 Å². The molecule has 0 aliphatic heterocycles. The van der Waals surface area contributed by atoms with E-state index in [0.717, 1.165) is 11.5 Å². The van der Waals surface area contributed by atoms with Crippen molar-refractivity contribution in [1.82, 2.24) is 14.6 Å². The molecule has 2 rings (SSSR count). The Labute approximate surface area is 101 Å². The highest BCUT2D eigenvalue weighted by molar-refractivity contribution is 7.93. The van der Waals surface area contributed by atoms with Gasteiger partial charge in [-0.15, -0.1) is 5.10 Å². The van der Waals surface area contributed by atoms with Crippen LogP contribution >= 0.6 is 11.5 Å². The van der Waals surface area contributed by atoms with Crippen LogP contribution in [0, 0.1) is 11.3 Å². The van der Waals surface area contributed by atoms with Gasteiger partial charge in [0.05, 0.1) is 6.20 Å². The molecule has 0 saturated carbocycles. The molecule has 0 spiro atoms. The molecule has 2 aromatic rings. The summed E-state index contributed by atoms with van der Waals surface area (Å²) < 4.78 is 29.6. The van der Waals surface area contributed by atoms with Crippen LogP contribution in [0.15, 0.2) is 29.4 Å². The second kappa shape index (κ2) is 4.44. The average molecular weight is 267 g/mol. The molecule has 0 saturated heterocycles. The molecule has 0 amide bonds. The fourth-order valence-electron chi connectivity index (χ4n) is 1.09. The summed E-state index contributed by atoms with van der Waals surface area (Å²) in [6.45, 7) is 0. The van der Waals surface area contributed by atoms with E-state index < -0.39 is 10.0 Å². The fourth-order valence-corrected chi connectivity index (χ4v) is 2.88. The van der Waals surface area contributed by atoms with Crippen molar-refractivity contribution in [3.8, 4) is 6.07 Å². The van der Waals surface area contributed by atoms with Gasteiger partial charge in [-0.2, -0.15) is 5.26 Å². The number of aromatic nitrogens is 3. The van der Waals surface area contributed by atoms with Gasteiger partial charge in [-0.05, 0) is 12.1 Å². The summed E-state index contributed by atoms with van der Waals surface area (Å²) in [6.07, 6.45) is 2.64. The molecule has 1 N–H and O–H groups in total. The number of sulfonamides is 1. The van der Waals surface area contributed by atoms with E-state index in [1.807, 2.05) is 0 Å². The minimum absolute atomic E-state index is 0.155. The smallest absolute Gasteiger partial charge is 0.265 e. The zero-order valence-corrected chi connectivity index (χ0v) is 9.86. The molecule has 0 aromatic carbocycles. The third-order valence-corrected chi connectivity index (χ3v) is 3.87. The van der Waals surface area contributed by atoms with Crippen molar-refractivity contribution in [2.75, 3.05) is 4.72 Å². The van der Waals surface area contributed by atoms with E-state index in [1.54, 1.807) is 6.07 Å². The first-order valence-electron chi connectivity index (χ1n) is 4.29. The summed E-state index contributed by atoms with van der Waals surface area (Å²) >= 11 is 0.903. The Balaban J connectivity index is 2.42. The van der Waals surface area contributed by atoms with Gasteiger partial charge in [-0.3, -0.25) is 4.72 Å². The lowest BCUT2D eigenvalue weighted by Crippen LogP contribution is -2.14. The maximum Gasteiger partial charge on any atom is 0.265 e. The van der Waals surface area contributed by atoms with Gasteiger partial charge in [0.1, 0.15) is 16.0 Å². The Morgan fingerprint density at radius 2 is 2.29 bits per heavy atom. The van der Waals surface area contributed by atoms with Gasteiger partial charge in [-0.1, -0.05) is 4.49 Å². The number of rotatable bonds is 3. The van der Waals surface area contributed by atoms with Crippen LogP contribution in [0.2, 0.25) is 0 Å². The lowest BCUT2D eigenvalue weighted by Gasteiger charge is -2.05. The van der Waals surface area contributed by atoms with Gasteiger partial charge >= 0.3 is 0 Å². The number of nitrogens with zero attached hydrogens (tertiary/aromatic N) is 4. The Hall–Kier alpha value is -2.05. The highest BCUT2D eigenvalue weighted by atomic mass is 32.2. The molecule has 2 heterocycles. The predicted molar refractivity (Wildman–Crippen MR) is 59.7 cm³/mol. The number of nitriles is 1. The normalized spacial score (nSPS) is 10.8. The maximum absolute atomic E-state index is 11.9. The summed E-state index contributed by atoms with van der Waals surface area (Å²) in [5, 5.41) is 12.6. The molecule has 7 nitrogen and oxygen atoms in total. The average Bonchev–Trinajstić information content (AvgIpc) is 2.81. The largest absolute Gasteiger partial charge is 0.268 e. The Kier molecular flexibility index (Phi) is 2.99. The molecular formula is C8H5N5O2S2. The van der Waals surface area contributed by atoms with Crippen LogP contribution in [-0.4, -0.2) is 23.0 Å². The van der Waals surface area contributed by atoms with Crippen molar-refractivity contribution in [3.05, 3.63) is 30.2 Å². The van der Waals surface area contributed by atoms with Gasteiger partial charge < -0.3 is 0 Å². The van der Waals surface area contributed by atoms with Crippen LogP contribution < -0.4 is 4.72 Å². The fraction of sp³-hybridized carbons (Fsp3) is 0. The first kappa shape index (κ1) is 11.4. The van der Waals surface area contributed by atoms with Crippen LogP contribution in [0.4, 0.5) is 5.00 Å². The number of pyridine rings is 1. The van der Waals surface area contributed by atoms with Crippen molar-refractivity contribution >= 4 is 26.6 Å². The van der Waals surface area contributed by atoms with Crippen molar-refractivity contribution < 1.29 is 8.42 Å². The van der Waals surface area contributed by atoms with E-state index in [0.29, 0.717) is 0 Å². The van der Waals surface area contributed by atoms with Crippen molar-refractivity contribution in [2.24, 2.45) is 0 Å². The molecule has 9 heteroatoms. The van der Waals surface area contributed by atoms with Crippen LogP contribution in [0.25, 0.3) is 0 Å². The molecule has 0 aliphatic carbocycles. The van der Waals surface area contributed by atoms with Crippen LogP contribution in [0.3, 0.4) is 0 Å². The molecule has 0 aliphatic rings. The molecule has 86 valence electrons.